The van der Waals surface area contributed by atoms with E-state index in [2.05, 4.69) is 0 Å². The van der Waals surface area contributed by atoms with E-state index < -0.39 is 17.7 Å². The molecule has 19 heavy (non-hydrogen) atoms. The van der Waals surface area contributed by atoms with Gasteiger partial charge in [0.1, 0.15) is 5.60 Å². The van der Waals surface area contributed by atoms with Crippen molar-refractivity contribution in [2.24, 2.45) is 5.92 Å². The first-order valence-electron chi connectivity index (χ1n) is 6.85. The van der Waals surface area contributed by atoms with Gasteiger partial charge in [0.05, 0.1) is 0 Å². The number of carbonyl (C=O) groups is 2. The molecule has 0 atom stereocenters. The van der Waals surface area contributed by atoms with Crippen LogP contribution >= 0.6 is 0 Å². The van der Waals surface area contributed by atoms with Crippen molar-refractivity contribution in [1.29, 1.82) is 0 Å². The van der Waals surface area contributed by atoms with Crippen LogP contribution in [0, 0.1) is 5.92 Å². The fraction of sp³-hybridized carbons (Fsp3) is 0.786. The van der Waals surface area contributed by atoms with Gasteiger partial charge in [-0.15, -0.1) is 4.58 Å². The van der Waals surface area contributed by atoms with Gasteiger partial charge in [0, 0.05) is 5.92 Å². The van der Waals surface area contributed by atoms with Gasteiger partial charge >= 0.3 is 12.1 Å². The van der Waals surface area contributed by atoms with Crippen LogP contribution in [0.25, 0.3) is 0 Å². The number of carboxylic acids is 1. The Bertz CT molecular complexity index is 362. The summed E-state index contributed by atoms with van der Waals surface area (Å²) >= 11 is 0. The van der Waals surface area contributed by atoms with Crippen LogP contribution in [0.5, 0.6) is 0 Å². The minimum atomic E-state index is -1.12. The molecule has 0 bridgehead atoms. The minimum Gasteiger partial charge on any atom is -0.474 e. The first kappa shape index (κ1) is 15.7. The summed E-state index contributed by atoms with van der Waals surface area (Å²) in [4.78, 5) is 22.8. The molecule has 0 aromatic heterocycles. The van der Waals surface area contributed by atoms with Crippen LogP contribution in [0.3, 0.4) is 0 Å². The number of ether oxygens (including phenoxy) is 1. The number of rotatable bonds is 3. The standard InChI is InChI=1S/C14H23NO4/c1-14(2,3)19-13(18)15(10-12(16)17)9-11-7-5-4-6-8-11/h10-11H,4-9H2,1-3H3/p+1/b15-10+. The molecule has 5 nitrogen and oxygen atoms in total. The topological polar surface area (TPSA) is 66.6 Å². The summed E-state index contributed by atoms with van der Waals surface area (Å²) in [6.07, 6.45) is 5.97. The molecular formula is C14H24NO4+. The largest absolute Gasteiger partial charge is 0.597 e. The van der Waals surface area contributed by atoms with Gasteiger partial charge in [-0.3, -0.25) is 0 Å². The van der Waals surface area contributed by atoms with Crippen molar-refractivity contribution in [2.75, 3.05) is 6.54 Å². The molecule has 1 N–H and O–H groups in total. The zero-order valence-electron chi connectivity index (χ0n) is 12.0. The Labute approximate surface area is 114 Å². The van der Waals surface area contributed by atoms with E-state index in [1.165, 1.54) is 11.0 Å². The van der Waals surface area contributed by atoms with Crippen molar-refractivity contribution < 1.29 is 24.0 Å². The first-order chi connectivity index (χ1) is 8.78. The molecule has 5 heteroatoms. The Kier molecular flexibility index (Phi) is 5.51. The van der Waals surface area contributed by atoms with Crippen LogP contribution < -0.4 is 0 Å². The maximum atomic E-state index is 12.0. The van der Waals surface area contributed by atoms with Crippen molar-refractivity contribution in [2.45, 2.75) is 58.5 Å². The molecule has 1 rings (SSSR count). The van der Waals surface area contributed by atoms with E-state index in [0.29, 0.717) is 12.5 Å². The summed E-state index contributed by atoms with van der Waals surface area (Å²) in [6.45, 7) is 5.74. The normalized spacial score (nSPS) is 18.2. The highest BCUT2D eigenvalue weighted by Crippen LogP contribution is 2.24. The number of amides is 1. The monoisotopic (exact) mass is 270 g/mol. The first-order valence-corrected chi connectivity index (χ1v) is 6.85. The lowest BCUT2D eigenvalue weighted by molar-refractivity contribution is -0.455. The smallest absolute Gasteiger partial charge is 0.474 e. The highest BCUT2D eigenvalue weighted by molar-refractivity contribution is 6.20. The molecule has 1 fully saturated rings. The molecule has 0 aromatic carbocycles. The van der Waals surface area contributed by atoms with Crippen molar-refractivity contribution in [1.82, 2.24) is 0 Å². The lowest BCUT2D eigenvalue weighted by Gasteiger charge is -2.21. The Morgan fingerprint density at radius 2 is 1.84 bits per heavy atom. The highest BCUT2D eigenvalue weighted by atomic mass is 16.6. The summed E-state index contributed by atoms with van der Waals surface area (Å²) < 4.78 is 6.43. The summed E-state index contributed by atoms with van der Waals surface area (Å²) in [5.41, 5.74) is -0.617. The molecule has 0 saturated heterocycles. The molecular weight excluding hydrogens is 246 g/mol. The van der Waals surface area contributed by atoms with Crippen molar-refractivity contribution >= 4 is 18.3 Å². The van der Waals surface area contributed by atoms with Crippen LogP contribution in [0.4, 0.5) is 4.79 Å². The second kappa shape index (κ2) is 6.68. The molecule has 0 unspecified atom stereocenters. The zero-order valence-corrected chi connectivity index (χ0v) is 12.0. The molecule has 1 amide bonds. The maximum absolute atomic E-state index is 12.0. The molecule has 108 valence electrons. The van der Waals surface area contributed by atoms with E-state index in [-0.39, 0.29) is 0 Å². The third-order valence-electron chi connectivity index (χ3n) is 3.07. The van der Waals surface area contributed by atoms with E-state index >= 15 is 0 Å². The van der Waals surface area contributed by atoms with Crippen LogP contribution in [-0.2, 0) is 9.53 Å². The lowest BCUT2D eigenvalue weighted by Crippen LogP contribution is -2.35. The fourth-order valence-corrected chi connectivity index (χ4v) is 2.28. The summed E-state index contributed by atoms with van der Waals surface area (Å²) in [6, 6.07) is 0. The minimum absolute atomic E-state index is 0.372. The Morgan fingerprint density at radius 3 is 2.32 bits per heavy atom. The van der Waals surface area contributed by atoms with Gasteiger partial charge < -0.3 is 9.84 Å². The highest BCUT2D eigenvalue weighted by Gasteiger charge is 2.30. The van der Waals surface area contributed by atoms with Gasteiger partial charge in [0.15, 0.2) is 6.54 Å². The van der Waals surface area contributed by atoms with Gasteiger partial charge in [0.25, 0.3) is 6.21 Å². The molecule has 1 saturated carbocycles. The number of carboxylic acid groups (broad SMARTS) is 1. The van der Waals surface area contributed by atoms with E-state index in [9.17, 15) is 9.59 Å². The number of hydrogen-bond donors (Lipinski definition) is 1. The van der Waals surface area contributed by atoms with Gasteiger partial charge in [0.2, 0.25) is 0 Å². The molecule has 0 spiro atoms. The number of nitrogens with zero attached hydrogens (tertiary/aromatic N) is 1. The van der Waals surface area contributed by atoms with Crippen molar-refractivity contribution in [3.05, 3.63) is 0 Å². The SMILES string of the molecule is CC(C)(C)OC(=O)/[N+](=C/C(=O)O)CC1CCCCC1. The molecule has 1 aliphatic rings. The average molecular weight is 270 g/mol. The van der Waals surface area contributed by atoms with Gasteiger partial charge in [-0.25, -0.2) is 4.79 Å². The Balaban J connectivity index is 2.71. The average Bonchev–Trinajstić information content (AvgIpc) is 2.26. The maximum Gasteiger partial charge on any atom is 0.597 e. The summed E-state index contributed by atoms with van der Waals surface area (Å²) in [5.74, 6) is -0.751. The van der Waals surface area contributed by atoms with Crippen molar-refractivity contribution in [3.63, 3.8) is 0 Å². The Hall–Kier alpha value is -1.39. The molecule has 1 aliphatic carbocycles. The third kappa shape index (κ3) is 6.36. The molecule has 0 heterocycles. The fourth-order valence-electron chi connectivity index (χ4n) is 2.28. The number of aliphatic carboxylic acids is 1. The van der Waals surface area contributed by atoms with E-state index in [4.69, 9.17) is 9.84 Å². The predicted octanol–water partition coefficient (Wildman–Crippen LogP) is 2.67. The zero-order chi connectivity index (χ0) is 14.5. The van der Waals surface area contributed by atoms with Gasteiger partial charge in [-0.1, -0.05) is 19.3 Å². The van der Waals surface area contributed by atoms with Gasteiger partial charge in [-0.2, -0.15) is 4.79 Å². The van der Waals surface area contributed by atoms with Crippen LogP contribution in [0.1, 0.15) is 52.9 Å². The lowest BCUT2D eigenvalue weighted by atomic mass is 9.89. The van der Waals surface area contributed by atoms with Crippen LogP contribution in [0.2, 0.25) is 0 Å². The number of hydrogen-bond acceptors (Lipinski definition) is 3. The quantitative estimate of drug-likeness (QED) is 0.632. The summed E-state index contributed by atoms with van der Waals surface area (Å²) in [7, 11) is 0. The third-order valence-corrected chi connectivity index (χ3v) is 3.07. The van der Waals surface area contributed by atoms with Crippen molar-refractivity contribution in [3.8, 4) is 0 Å². The second-order valence-electron chi connectivity index (χ2n) is 6.10. The van der Waals surface area contributed by atoms with E-state index in [1.54, 1.807) is 20.8 Å². The number of carbonyl (C=O) groups excluding carboxylic acids is 1. The van der Waals surface area contributed by atoms with Crippen LogP contribution in [-0.4, -0.2) is 40.1 Å². The van der Waals surface area contributed by atoms with Gasteiger partial charge in [-0.05, 0) is 33.6 Å². The Morgan fingerprint density at radius 1 is 1.26 bits per heavy atom. The second-order valence-corrected chi connectivity index (χ2v) is 6.10. The molecule has 0 aromatic rings. The van der Waals surface area contributed by atoms with E-state index in [1.807, 2.05) is 0 Å². The van der Waals surface area contributed by atoms with E-state index in [0.717, 1.165) is 31.9 Å². The molecule has 0 aliphatic heterocycles. The molecule has 0 radical (unpaired) electrons. The van der Waals surface area contributed by atoms with Crippen LogP contribution in [0.15, 0.2) is 0 Å². The predicted molar refractivity (Wildman–Crippen MR) is 71.6 cm³/mol. The summed E-state index contributed by atoms with van der Waals surface area (Å²) in [5, 5.41) is 8.86.